The smallest absolute Gasteiger partial charge is 0.227 e. The van der Waals surface area contributed by atoms with Crippen molar-refractivity contribution in [3.05, 3.63) is 0 Å². The average Bonchev–Trinajstić information content (AvgIpc) is 2.99. The fourth-order valence-electron chi connectivity index (χ4n) is 4.12. The molecule has 1 amide bonds. The van der Waals surface area contributed by atoms with Gasteiger partial charge < -0.3 is 20.1 Å². The van der Waals surface area contributed by atoms with Crippen LogP contribution >= 0.6 is 12.4 Å². The minimum atomic E-state index is 0. The highest BCUT2D eigenvalue weighted by Gasteiger charge is 2.50. The highest BCUT2D eigenvalue weighted by atomic mass is 35.5. The summed E-state index contributed by atoms with van der Waals surface area (Å²) in [6.07, 6.45) is 3.56. The molecular formula is C14H25ClN2O3. The minimum Gasteiger partial charge on any atom is -0.382 e. The molecule has 2 N–H and O–H groups in total. The molecule has 0 aromatic heterocycles. The molecule has 1 saturated heterocycles. The molecule has 0 spiro atoms. The number of hydrogen-bond acceptors (Lipinski definition) is 4. The van der Waals surface area contributed by atoms with Gasteiger partial charge in [0.1, 0.15) is 0 Å². The van der Waals surface area contributed by atoms with Crippen LogP contribution in [0.25, 0.3) is 0 Å². The molecule has 5 unspecified atom stereocenters. The number of rotatable bonds is 3. The molecule has 1 heterocycles. The van der Waals surface area contributed by atoms with Gasteiger partial charge in [-0.05, 0) is 31.1 Å². The maximum absolute atomic E-state index is 12.7. The zero-order valence-corrected chi connectivity index (χ0v) is 12.8. The Bertz CT molecular complexity index is 351. The molecule has 2 aliphatic carbocycles. The molecule has 3 fully saturated rings. The van der Waals surface area contributed by atoms with Crippen LogP contribution in [0.1, 0.15) is 19.3 Å². The highest BCUT2D eigenvalue weighted by Crippen LogP contribution is 2.48. The van der Waals surface area contributed by atoms with Gasteiger partial charge in [-0.15, -0.1) is 12.4 Å². The first-order chi connectivity index (χ1) is 9.20. The lowest BCUT2D eigenvalue weighted by Gasteiger charge is -2.37. The molecule has 6 heteroatoms. The number of nitrogens with zero attached hydrogens (tertiary/aromatic N) is 1. The number of hydrogen-bond donors (Lipinski definition) is 1. The Hall–Kier alpha value is -0.360. The molecule has 0 aromatic rings. The van der Waals surface area contributed by atoms with Crippen molar-refractivity contribution in [3.8, 4) is 0 Å². The van der Waals surface area contributed by atoms with Gasteiger partial charge in [0.15, 0.2) is 0 Å². The van der Waals surface area contributed by atoms with Gasteiger partial charge in [0.05, 0.1) is 25.2 Å². The highest BCUT2D eigenvalue weighted by molar-refractivity contribution is 5.85. The summed E-state index contributed by atoms with van der Waals surface area (Å²) in [4.78, 5) is 14.6. The number of morpholine rings is 1. The lowest BCUT2D eigenvalue weighted by molar-refractivity contribution is -0.147. The van der Waals surface area contributed by atoms with E-state index in [9.17, 15) is 4.79 Å². The van der Waals surface area contributed by atoms with Crippen molar-refractivity contribution in [2.75, 3.05) is 33.4 Å². The van der Waals surface area contributed by atoms with Crippen molar-refractivity contribution < 1.29 is 14.3 Å². The van der Waals surface area contributed by atoms with Crippen LogP contribution in [-0.2, 0) is 14.3 Å². The van der Waals surface area contributed by atoms with E-state index in [1.807, 2.05) is 4.90 Å². The van der Waals surface area contributed by atoms with Gasteiger partial charge in [0.25, 0.3) is 0 Å². The van der Waals surface area contributed by atoms with Gasteiger partial charge in [-0.25, -0.2) is 0 Å². The third-order valence-corrected chi connectivity index (χ3v) is 5.07. The third-order valence-electron chi connectivity index (χ3n) is 5.07. The second kappa shape index (κ2) is 6.60. The SMILES string of the molecule is COCC1CN(C(=O)C2C3CCC(C3)C2N)CCO1.Cl. The Morgan fingerprint density at radius 2 is 2.15 bits per heavy atom. The van der Waals surface area contributed by atoms with Crippen molar-refractivity contribution in [3.63, 3.8) is 0 Å². The van der Waals surface area contributed by atoms with Crippen LogP contribution in [0.15, 0.2) is 0 Å². The van der Waals surface area contributed by atoms with E-state index in [4.69, 9.17) is 15.2 Å². The van der Waals surface area contributed by atoms with Gasteiger partial charge in [0, 0.05) is 26.2 Å². The van der Waals surface area contributed by atoms with E-state index in [0.717, 1.165) is 6.42 Å². The number of nitrogens with two attached hydrogens (primary N) is 1. The van der Waals surface area contributed by atoms with E-state index in [1.165, 1.54) is 12.8 Å². The number of carbonyl (C=O) groups is 1. The predicted octanol–water partition coefficient (Wildman–Crippen LogP) is 0.655. The van der Waals surface area contributed by atoms with Crippen molar-refractivity contribution in [2.24, 2.45) is 23.5 Å². The minimum absolute atomic E-state index is 0. The van der Waals surface area contributed by atoms with Gasteiger partial charge in [0.2, 0.25) is 5.91 Å². The summed E-state index contributed by atoms with van der Waals surface area (Å²) in [5, 5.41) is 0. The topological polar surface area (TPSA) is 64.8 Å². The normalized spacial score (nSPS) is 39.7. The first kappa shape index (κ1) is 16.0. The van der Waals surface area contributed by atoms with Crippen molar-refractivity contribution >= 4 is 18.3 Å². The van der Waals surface area contributed by atoms with Gasteiger partial charge in [-0.2, -0.15) is 0 Å². The van der Waals surface area contributed by atoms with Crippen molar-refractivity contribution in [1.29, 1.82) is 0 Å². The second-order valence-corrected chi connectivity index (χ2v) is 6.17. The molecule has 3 rings (SSSR count). The monoisotopic (exact) mass is 304 g/mol. The predicted molar refractivity (Wildman–Crippen MR) is 77.7 cm³/mol. The molecular weight excluding hydrogens is 280 g/mol. The Labute approximate surface area is 126 Å². The van der Waals surface area contributed by atoms with Crippen LogP contribution in [0, 0.1) is 17.8 Å². The first-order valence-corrected chi connectivity index (χ1v) is 7.35. The summed E-state index contributed by atoms with van der Waals surface area (Å²) in [5.41, 5.74) is 6.26. The van der Waals surface area contributed by atoms with E-state index < -0.39 is 0 Å². The van der Waals surface area contributed by atoms with E-state index in [0.29, 0.717) is 38.1 Å². The van der Waals surface area contributed by atoms with E-state index >= 15 is 0 Å². The van der Waals surface area contributed by atoms with Gasteiger partial charge in [-0.3, -0.25) is 4.79 Å². The standard InChI is InChI=1S/C14H24N2O3.ClH/c1-18-8-11-7-16(4-5-19-11)14(17)12-9-2-3-10(6-9)13(12)15;/h9-13H,2-8,15H2,1H3;1H. The molecule has 2 saturated carbocycles. The number of halogens is 1. The zero-order valence-electron chi connectivity index (χ0n) is 12.0. The molecule has 0 aromatic carbocycles. The number of fused-ring (bicyclic) bond motifs is 2. The fourth-order valence-corrected chi connectivity index (χ4v) is 4.12. The quantitative estimate of drug-likeness (QED) is 0.832. The second-order valence-electron chi connectivity index (χ2n) is 6.17. The van der Waals surface area contributed by atoms with Gasteiger partial charge in [-0.1, -0.05) is 0 Å². The Morgan fingerprint density at radius 3 is 2.80 bits per heavy atom. The summed E-state index contributed by atoms with van der Waals surface area (Å²) in [5.74, 6) is 1.41. The lowest BCUT2D eigenvalue weighted by Crippen LogP contribution is -2.53. The lowest BCUT2D eigenvalue weighted by atomic mass is 9.84. The van der Waals surface area contributed by atoms with E-state index in [-0.39, 0.29) is 36.4 Å². The van der Waals surface area contributed by atoms with Crippen molar-refractivity contribution in [1.82, 2.24) is 4.90 Å². The Kier molecular flexibility index (Phi) is 5.29. The average molecular weight is 305 g/mol. The Morgan fingerprint density at radius 1 is 1.40 bits per heavy atom. The fraction of sp³-hybridized carbons (Fsp3) is 0.929. The zero-order chi connectivity index (χ0) is 13.4. The van der Waals surface area contributed by atoms with Crippen molar-refractivity contribution in [2.45, 2.75) is 31.4 Å². The van der Waals surface area contributed by atoms with Crippen LogP contribution in [0.4, 0.5) is 0 Å². The van der Waals surface area contributed by atoms with Crippen LogP contribution in [0.3, 0.4) is 0 Å². The summed E-state index contributed by atoms with van der Waals surface area (Å²) < 4.78 is 10.7. The molecule has 5 atom stereocenters. The van der Waals surface area contributed by atoms with Gasteiger partial charge >= 0.3 is 0 Å². The Balaban J connectivity index is 0.00000147. The number of methoxy groups -OCH3 is 1. The summed E-state index contributed by atoms with van der Waals surface area (Å²) in [6, 6.07) is 0.0787. The maximum Gasteiger partial charge on any atom is 0.227 e. The third kappa shape index (κ3) is 2.82. The molecule has 3 aliphatic rings. The van der Waals surface area contributed by atoms with E-state index in [2.05, 4.69) is 0 Å². The maximum atomic E-state index is 12.7. The molecule has 1 aliphatic heterocycles. The summed E-state index contributed by atoms with van der Waals surface area (Å²) in [6.45, 7) is 2.50. The molecule has 116 valence electrons. The molecule has 20 heavy (non-hydrogen) atoms. The number of amides is 1. The van der Waals surface area contributed by atoms with E-state index in [1.54, 1.807) is 7.11 Å². The number of ether oxygens (including phenoxy) is 2. The molecule has 0 radical (unpaired) electrons. The number of carbonyl (C=O) groups excluding carboxylic acids is 1. The van der Waals surface area contributed by atoms with Crippen LogP contribution in [-0.4, -0.2) is 56.4 Å². The summed E-state index contributed by atoms with van der Waals surface area (Å²) in [7, 11) is 1.66. The van der Waals surface area contributed by atoms with Crippen LogP contribution in [0.2, 0.25) is 0 Å². The molecule has 2 bridgehead atoms. The van der Waals surface area contributed by atoms with Crippen LogP contribution < -0.4 is 5.73 Å². The summed E-state index contributed by atoms with van der Waals surface area (Å²) >= 11 is 0. The molecule has 5 nitrogen and oxygen atoms in total. The first-order valence-electron chi connectivity index (χ1n) is 7.35. The van der Waals surface area contributed by atoms with Crippen LogP contribution in [0.5, 0.6) is 0 Å². The largest absolute Gasteiger partial charge is 0.382 e.